The molecule has 0 amide bonds. The molecule has 0 saturated carbocycles. The second-order valence-electron chi connectivity index (χ2n) is 4.62. The maximum absolute atomic E-state index is 9.41. The van der Waals surface area contributed by atoms with Gasteiger partial charge in [-0.05, 0) is 31.4 Å². The highest BCUT2D eigenvalue weighted by Crippen LogP contribution is 2.34. The van der Waals surface area contributed by atoms with E-state index in [4.69, 9.17) is 0 Å². The number of pyridine rings is 1. The number of nitrogens with zero attached hydrogens (tertiary/aromatic N) is 4. The molecule has 1 aliphatic heterocycles. The Kier molecular flexibility index (Phi) is 2.78. The second kappa shape index (κ2) is 4.59. The van der Waals surface area contributed by atoms with Crippen molar-refractivity contribution < 1.29 is 0 Å². The molecule has 4 nitrogen and oxygen atoms in total. The third-order valence-electron chi connectivity index (χ3n) is 3.58. The van der Waals surface area contributed by atoms with Gasteiger partial charge in [0.15, 0.2) is 0 Å². The molecule has 0 bridgehead atoms. The van der Waals surface area contributed by atoms with Crippen molar-refractivity contribution >= 4 is 0 Å². The fraction of sp³-hybridized carbons (Fsp3) is 0.267. The topological polar surface area (TPSA) is 65.4 Å². The van der Waals surface area contributed by atoms with Crippen LogP contribution in [0.15, 0.2) is 24.5 Å². The highest BCUT2D eigenvalue weighted by atomic mass is 15.0. The molecular formula is C15H12N4. The van der Waals surface area contributed by atoms with Crippen molar-refractivity contribution in [1.29, 1.82) is 10.5 Å². The molecule has 4 heteroatoms. The van der Waals surface area contributed by atoms with Crippen molar-refractivity contribution in [2.24, 2.45) is 0 Å². The van der Waals surface area contributed by atoms with Gasteiger partial charge in [0.25, 0.3) is 0 Å². The zero-order valence-electron chi connectivity index (χ0n) is 10.4. The summed E-state index contributed by atoms with van der Waals surface area (Å²) in [5.41, 5.74) is 3.79. The third-order valence-corrected chi connectivity index (χ3v) is 3.58. The Bertz CT molecular complexity index is 698. The van der Waals surface area contributed by atoms with Crippen molar-refractivity contribution in [3.05, 3.63) is 41.3 Å². The SMILES string of the molecule is N#Cc1c(C#N)c(-c2cccnc2)n2c1CCCC2. The minimum Gasteiger partial charge on any atom is -0.342 e. The van der Waals surface area contributed by atoms with Gasteiger partial charge in [0.05, 0.1) is 16.8 Å². The smallest absolute Gasteiger partial charge is 0.103 e. The quantitative estimate of drug-likeness (QED) is 0.779. The van der Waals surface area contributed by atoms with Gasteiger partial charge < -0.3 is 4.57 Å². The summed E-state index contributed by atoms with van der Waals surface area (Å²) in [6.45, 7) is 0.871. The first kappa shape index (κ1) is 11.5. The Hall–Kier alpha value is -2.59. The average Bonchev–Trinajstić information content (AvgIpc) is 2.81. The van der Waals surface area contributed by atoms with E-state index in [9.17, 15) is 10.5 Å². The number of nitriles is 2. The first-order valence-corrected chi connectivity index (χ1v) is 6.32. The molecule has 2 aromatic heterocycles. The lowest BCUT2D eigenvalue weighted by atomic mass is 10.0. The van der Waals surface area contributed by atoms with Crippen LogP contribution in [0.1, 0.15) is 29.7 Å². The molecule has 0 aliphatic carbocycles. The molecule has 0 saturated heterocycles. The molecule has 0 radical (unpaired) electrons. The Morgan fingerprint density at radius 3 is 2.68 bits per heavy atom. The lowest BCUT2D eigenvalue weighted by Gasteiger charge is -2.18. The minimum atomic E-state index is 0.493. The zero-order chi connectivity index (χ0) is 13.2. The number of fused-ring (bicyclic) bond motifs is 1. The Morgan fingerprint density at radius 2 is 2.00 bits per heavy atom. The molecule has 0 unspecified atom stereocenters. The van der Waals surface area contributed by atoms with Gasteiger partial charge in [-0.2, -0.15) is 10.5 Å². The van der Waals surface area contributed by atoms with E-state index in [1.54, 1.807) is 12.4 Å². The first-order valence-electron chi connectivity index (χ1n) is 6.32. The van der Waals surface area contributed by atoms with Gasteiger partial charge in [-0.3, -0.25) is 4.98 Å². The van der Waals surface area contributed by atoms with Crippen molar-refractivity contribution in [3.8, 4) is 23.4 Å². The summed E-state index contributed by atoms with van der Waals surface area (Å²) in [7, 11) is 0. The van der Waals surface area contributed by atoms with Crippen molar-refractivity contribution in [2.75, 3.05) is 0 Å². The lowest BCUT2D eigenvalue weighted by molar-refractivity contribution is 0.536. The number of hydrogen-bond donors (Lipinski definition) is 0. The van der Waals surface area contributed by atoms with Crippen LogP contribution in [0.4, 0.5) is 0 Å². The standard InChI is InChI=1S/C15H12N4/c16-8-12-13(9-17)15(11-4-3-6-18-10-11)19-7-2-1-5-14(12)19/h3-4,6,10H,1-2,5,7H2. The summed E-state index contributed by atoms with van der Waals surface area (Å²) in [4.78, 5) is 4.11. The highest BCUT2D eigenvalue weighted by Gasteiger charge is 2.25. The molecule has 2 aromatic rings. The molecule has 3 heterocycles. The third kappa shape index (κ3) is 1.70. The van der Waals surface area contributed by atoms with Crippen molar-refractivity contribution in [3.63, 3.8) is 0 Å². The largest absolute Gasteiger partial charge is 0.342 e. The minimum absolute atomic E-state index is 0.493. The van der Waals surface area contributed by atoms with E-state index in [-0.39, 0.29) is 0 Å². The van der Waals surface area contributed by atoms with Crippen LogP contribution in [-0.2, 0) is 13.0 Å². The van der Waals surface area contributed by atoms with Gasteiger partial charge in [-0.15, -0.1) is 0 Å². The fourth-order valence-electron chi connectivity index (χ4n) is 2.77. The first-order chi connectivity index (χ1) is 9.36. The van der Waals surface area contributed by atoms with E-state index in [2.05, 4.69) is 21.7 Å². The molecule has 0 atom stereocenters. The highest BCUT2D eigenvalue weighted by molar-refractivity contribution is 5.73. The Morgan fingerprint density at radius 1 is 1.16 bits per heavy atom. The van der Waals surface area contributed by atoms with Gasteiger partial charge in [0.2, 0.25) is 0 Å². The molecule has 19 heavy (non-hydrogen) atoms. The van der Waals surface area contributed by atoms with Crippen molar-refractivity contribution in [2.45, 2.75) is 25.8 Å². The molecule has 92 valence electrons. The molecule has 0 fully saturated rings. The molecular weight excluding hydrogens is 236 g/mol. The van der Waals surface area contributed by atoms with Gasteiger partial charge in [0.1, 0.15) is 12.1 Å². The summed E-state index contributed by atoms with van der Waals surface area (Å²) in [5, 5.41) is 18.7. The van der Waals surface area contributed by atoms with Gasteiger partial charge in [0, 0.05) is 30.2 Å². The maximum Gasteiger partial charge on any atom is 0.103 e. The predicted molar refractivity (Wildman–Crippen MR) is 70.0 cm³/mol. The maximum atomic E-state index is 9.41. The van der Waals surface area contributed by atoms with Crippen LogP contribution in [0.25, 0.3) is 11.3 Å². The van der Waals surface area contributed by atoms with Crippen molar-refractivity contribution in [1.82, 2.24) is 9.55 Å². The normalized spacial score (nSPS) is 13.4. The number of hydrogen-bond acceptors (Lipinski definition) is 3. The van der Waals surface area contributed by atoms with E-state index in [0.717, 1.165) is 42.8 Å². The van der Waals surface area contributed by atoms with E-state index >= 15 is 0 Å². The van der Waals surface area contributed by atoms with E-state index in [0.29, 0.717) is 11.1 Å². The molecule has 0 N–H and O–H groups in total. The predicted octanol–water partition coefficient (Wildman–Crippen LogP) is 2.63. The average molecular weight is 248 g/mol. The van der Waals surface area contributed by atoms with E-state index in [1.807, 2.05) is 12.1 Å². The second-order valence-corrected chi connectivity index (χ2v) is 4.62. The number of aromatic nitrogens is 2. The van der Waals surface area contributed by atoms with Crippen LogP contribution in [0, 0.1) is 22.7 Å². The van der Waals surface area contributed by atoms with Crippen LogP contribution >= 0.6 is 0 Å². The summed E-state index contributed by atoms with van der Waals surface area (Å²) in [6, 6.07) is 8.19. The van der Waals surface area contributed by atoms with Gasteiger partial charge in [-0.25, -0.2) is 0 Å². The van der Waals surface area contributed by atoms with E-state index < -0.39 is 0 Å². The molecule has 0 spiro atoms. The lowest BCUT2D eigenvalue weighted by Crippen LogP contribution is -2.11. The Balaban J connectivity index is 2.33. The molecule has 0 aromatic carbocycles. The molecule has 1 aliphatic rings. The van der Waals surface area contributed by atoms with Crippen LogP contribution in [-0.4, -0.2) is 9.55 Å². The molecule has 3 rings (SSSR count). The monoisotopic (exact) mass is 248 g/mol. The zero-order valence-corrected chi connectivity index (χ0v) is 10.4. The summed E-state index contributed by atoms with van der Waals surface area (Å²) in [6.07, 6.45) is 6.50. The Labute approximate surface area is 111 Å². The van der Waals surface area contributed by atoms with E-state index in [1.165, 1.54) is 0 Å². The van der Waals surface area contributed by atoms with Crippen LogP contribution in [0.2, 0.25) is 0 Å². The fourth-order valence-corrected chi connectivity index (χ4v) is 2.77. The summed E-state index contributed by atoms with van der Waals surface area (Å²) in [5.74, 6) is 0. The van der Waals surface area contributed by atoms with Gasteiger partial charge in [-0.1, -0.05) is 0 Å². The number of rotatable bonds is 1. The van der Waals surface area contributed by atoms with Crippen LogP contribution < -0.4 is 0 Å². The summed E-state index contributed by atoms with van der Waals surface area (Å²) >= 11 is 0. The van der Waals surface area contributed by atoms with Crippen LogP contribution in [0.5, 0.6) is 0 Å². The van der Waals surface area contributed by atoms with Crippen LogP contribution in [0.3, 0.4) is 0 Å². The summed E-state index contributed by atoms with van der Waals surface area (Å²) < 4.78 is 2.12. The van der Waals surface area contributed by atoms with Gasteiger partial charge >= 0.3 is 0 Å².